The maximum atomic E-state index is 16.8. The van der Waals surface area contributed by atoms with Crippen LogP contribution in [0.3, 0.4) is 0 Å². The van der Waals surface area contributed by atoms with Gasteiger partial charge in [0.1, 0.15) is 47.2 Å². The summed E-state index contributed by atoms with van der Waals surface area (Å²) in [6.07, 6.45) is 0.631. The Labute approximate surface area is 271 Å². The van der Waals surface area contributed by atoms with Gasteiger partial charge < -0.3 is 20.3 Å². The number of benzene rings is 2. The molecule has 4 aromatic rings. The van der Waals surface area contributed by atoms with E-state index in [1.54, 1.807) is 18.0 Å². The number of hydrogen-bond donors (Lipinski definition) is 1. The van der Waals surface area contributed by atoms with Crippen molar-refractivity contribution in [2.45, 2.75) is 43.2 Å². The van der Waals surface area contributed by atoms with E-state index >= 15 is 8.78 Å². The first-order valence-corrected chi connectivity index (χ1v) is 16.1. The number of carbonyl (C=O) groups is 1. The predicted octanol–water partition coefficient (Wildman–Crippen LogP) is 5.37. The number of nitrogen functional groups attached to an aromatic ring is 1. The zero-order valence-electron chi connectivity index (χ0n) is 25.5. The van der Waals surface area contributed by atoms with Crippen LogP contribution in [-0.4, -0.2) is 89.4 Å². The Hall–Kier alpha value is -4.48. The van der Waals surface area contributed by atoms with E-state index in [-0.39, 0.29) is 74.2 Å². The van der Waals surface area contributed by atoms with Crippen molar-refractivity contribution >= 4 is 49.1 Å². The molecule has 4 unspecified atom stereocenters. The highest BCUT2D eigenvalue weighted by atomic mass is 32.1. The van der Waals surface area contributed by atoms with Crippen LogP contribution >= 0.6 is 11.3 Å². The highest BCUT2D eigenvalue weighted by Crippen LogP contribution is 2.44. The van der Waals surface area contributed by atoms with Crippen molar-refractivity contribution in [2.75, 3.05) is 50.5 Å². The van der Waals surface area contributed by atoms with Gasteiger partial charge in [-0.15, -0.1) is 11.3 Å². The molecule has 3 saturated heterocycles. The normalized spacial score (nSPS) is 24.2. The fourth-order valence-electron chi connectivity index (χ4n) is 7.42. The van der Waals surface area contributed by atoms with Gasteiger partial charge in [0.2, 0.25) is 5.91 Å². The Morgan fingerprint density at radius 3 is 2.79 bits per heavy atom. The van der Waals surface area contributed by atoms with Crippen LogP contribution in [0.15, 0.2) is 36.9 Å². The van der Waals surface area contributed by atoms with Gasteiger partial charge in [-0.25, -0.2) is 17.6 Å². The monoisotopic (exact) mass is 665 g/mol. The Bertz CT molecular complexity index is 1980. The molecule has 1 amide bonds. The van der Waals surface area contributed by atoms with Crippen LogP contribution in [-0.2, 0) is 4.79 Å². The highest BCUT2D eigenvalue weighted by molar-refractivity contribution is 7.23. The van der Waals surface area contributed by atoms with Crippen molar-refractivity contribution in [1.82, 2.24) is 19.8 Å². The number of amides is 1. The molecule has 14 heteroatoms. The summed E-state index contributed by atoms with van der Waals surface area (Å²) in [5.41, 5.74) is 5.69. The molecule has 0 bridgehead atoms. The maximum Gasteiger partial charge on any atom is 0.319 e. The van der Waals surface area contributed by atoms with E-state index in [1.165, 1.54) is 23.1 Å². The van der Waals surface area contributed by atoms with Gasteiger partial charge in [-0.05, 0) is 43.2 Å². The molecule has 244 valence electrons. The molecule has 4 atom stereocenters. The van der Waals surface area contributed by atoms with Crippen LogP contribution in [0.2, 0.25) is 0 Å². The molecular weight excluding hydrogens is 634 g/mol. The number of nitriles is 1. The van der Waals surface area contributed by atoms with Crippen molar-refractivity contribution in [3.05, 3.63) is 54.1 Å². The number of thiophene rings is 1. The number of aromatic nitrogens is 2. The standard InChI is InChI=1S/C33H31F4N7O2S/c1-3-25(45)43-14-23(36)24(15-43)42(2)31-20-6-5-19(18-7-8-22(35)29-26(18)21(12-38)30(39)47-29)27(37)28(20)40-32(41-31)46-16-33-9-4-10-44(33)13-17(34)11-33/h3,5-8,17,23-24H,1,4,9-11,13-16,39H2,2H3. The van der Waals surface area contributed by atoms with Crippen LogP contribution in [0, 0.1) is 23.0 Å². The van der Waals surface area contributed by atoms with E-state index in [4.69, 9.17) is 10.5 Å². The number of nitrogens with two attached hydrogens (primary N) is 1. The molecule has 0 aliphatic carbocycles. The maximum absolute atomic E-state index is 16.8. The molecular formula is C33H31F4N7O2S. The third-order valence-electron chi connectivity index (χ3n) is 9.75. The molecule has 5 heterocycles. The molecule has 3 aliphatic heterocycles. The Morgan fingerprint density at radius 2 is 2.02 bits per heavy atom. The number of fused-ring (bicyclic) bond motifs is 3. The minimum atomic E-state index is -1.44. The Balaban J connectivity index is 1.35. The number of likely N-dealkylation sites (tertiary alicyclic amines) is 1. The van der Waals surface area contributed by atoms with Crippen LogP contribution in [0.25, 0.3) is 32.1 Å². The highest BCUT2D eigenvalue weighted by Gasteiger charge is 2.49. The molecule has 0 spiro atoms. The first-order chi connectivity index (χ1) is 22.5. The SMILES string of the molecule is C=CC(=O)N1CC(F)C(N(C)c2nc(OCC34CCCN3CC(F)C4)nc3c(F)c(-c4ccc(F)c5sc(N)c(C#N)c45)ccc23)C1. The number of hydrogen-bond acceptors (Lipinski definition) is 9. The Kier molecular flexibility index (Phi) is 7.71. The quantitative estimate of drug-likeness (QED) is 0.207. The predicted molar refractivity (Wildman–Crippen MR) is 172 cm³/mol. The van der Waals surface area contributed by atoms with Crippen LogP contribution in [0.5, 0.6) is 6.01 Å². The molecule has 3 aliphatic rings. The largest absolute Gasteiger partial charge is 0.461 e. The second-order valence-electron chi connectivity index (χ2n) is 12.4. The number of ether oxygens (including phenoxy) is 1. The fraction of sp³-hybridized carbons (Fsp3) is 0.394. The minimum absolute atomic E-state index is 0.0404. The van der Waals surface area contributed by atoms with Gasteiger partial charge in [0.05, 0.1) is 28.4 Å². The average Bonchev–Trinajstić information content (AvgIpc) is 3.80. The van der Waals surface area contributed by atoms with E-state index in [9.17, 15) is 18.8 Å². The third kappa shape index (κ3) is 5.03. The lowest BCUT2D eigenvalue weighted by Crippen LogP contribution is -2.43. The number of likely N-dealkylation sites (N-methyl/N-ethyl adjacent to an activating group) is 1. The van der Waals surface area contributed by atoms with Crippen molar-refractivity contribution in [3.63, 3.8) is 0 Å². The smallest absolute Gasteiger partial charge is 0.319 e. The minimum Gasteiger partial charge on any atom is -0.461 e. The lowest BCUT2D eigenvalue weighted by molar-refractivity contribution is -0.125. The first-order valence-electron chi connectivity index (χ1n) is 15.3. The van der Waals surface area contributed by atoms with E-state index in [0.717, 1.165) is 36.8 Å². The van der Waals surface area contributed by atoms with Crippen molar-refractivity contribution in [3.8, 4) is 23.2 Å². The molecule has 0 radical (unpaired) electrons. The summed E-state index contributed by atoms with van der Waals surface area (Å²) < 4.78 is 67.7. The van der Waals surface area contributed by atoms with Gasteiger partial charge in [0.15, 0.2) is 5.82 Å². The molecule has 2 aromatic heterocycles. The van der Waals surface area contributed by atoms with Crippen molar-refractivity contribution < 1.29 is 27.1 Å². The zero-order valence-corrected chi connectivity index (χ0v) is 26.3. The molecule has 2 aromatic carbocycles. The molecule has 9 nitrogen and oxygen atoms in total. The summed E-state index contributed by atoms with van der Waals surface area (Å²) in [7, 11) is 1.61. The second-order valence-corrected chi connectivity index (χ2v) is 13.5. The number of halogens is 4. The number of rotatable bonds is 7. The number of nitrogens with zero attached hydrogens (tertiary/aromatic N) is 6. The summed E-state index contributed by atoms with van der Waals surface area (Å²) in [4.78, 5) is 26.3. The lowest BCUT2D eigenvalue weighted by Gasteiger charge is -2.31. The van der Waals surface area contributed by atoms with Gasteiger partial charge in [-0.1, -0.05) is 18.7 Å². The average molecular weight is 666 g/mol. The molecule has 3 fully saturated rings. The zero-order chi connectivity index (χ0) is 33.2. The molecule has 2 N–H and O–H groups in total. The fourth-order valence-corrected chi connectivity index (χ4v) is 8.37. The van der Waals surface area contributed by atoms with Gasteiger partial charge in [0.25, 0.3) is 0 Å². The summed E-state index contributed by atoms with van der Waals surface area (Å²) in [6.45, 7) is 4.54. The van der Waals surface area contributed by atoms with Crippen LogP contribution in [0.4, 0.5) is 28.4 Å². The van der Waals surface area contributed by atoms with Gasteiger partial charge in [-0.2, -0.15) is 15.2 Å². The Morgan fingerprint density at radius 1 is 1.23 bits per heavy atom. The lowest BCUT2D eigenvalue weighted by atomic mass is 9.95. The summed E-state index contributed by atoms with van der Waals surface area (Å²) in [5.74, 6) is -1.61. The molecule has 7 rings (SSSR count). The number of carbonyl (C=O) groups excluding carboxylic acids is 1. The first kappa shape index (κ1) is 31.1. The van der Waals surface area contributed by atoms with Crippen LogP contribution in [0.1, 0.15) is 24.8 Å². The number of anilines is 2. The second kappa shape index (κ2) is 11.6. The molecule has 47 heavy (non-hydrogen) atoms. The van der Waals surface area contributed by atoms with E-state index < -0.39 is 41.5 Å². The summed E-state index contributed by atoms with van der Waals surface area (Å²) >= 11 is 0.906. The summed E-state index contributed by atoms with van der Waals surface area (Å²) in [6, 6.07) is 6.65. The van der Waals surface area contributed by atoms with E-state index in [1.807, 2.05) is 6.07 Å². The van der Waals surface area contributed by atoms with Crippen molar-refractivity contribution in [2.24, 2.45) is 0 Å². The van der Waals surface area contributed by atoms with Gasteiger partial charge in [-0.3, -0.25) is 9.69 Å². The van der Waals surface area contributed by atoms with Gasteiger partial charge in [0, 0.05) is 42.9 Å². The van der Waals surface area contributed by atoms with Crippen molar-refractivity contribution in [1.29, 1.82) is 5.26 Å². The van der Waals surface area contributed by atoms with E-state index in [0.29, 0.717) is 13.0 Å². The number of alkyl halides is 2. The van der Waals surface area contributed by atoms with Crippen LogP contribution < -0.4 is 15.4 Å². The van der Waals surface area contributed by atoms with Gasteiger partial charge >= 0.3 is 6.01 Å². The van der Waals surface area contributed by atoms with E-state index in [2.05, 4.69) is 21.4 Å². The topological polar surface area (TPSA) is 112 Å². The molecule has 0 saturated carbocycles. The summed E-state index contributed by atoms with van der Waals surface area (Å²) in [5, 5.41) is 10.3. The third-order valence-corrected chi connectivity index (χ3v) is 10.8.